The summed E-state index contributed by atoms with van der Waals surface area (Å²) in [5.74, 6) is 5.85. The molecule has 3 nitrogen and oxygen atoms in total. The van der Waals surface area contributed by atoms with Crippen LogP contribution in [0.5, 0.6) is 0 Å². The lowest BCUT2D eigenvalue weighted by atomic mass is 10.3. The van der Waals surface area contributed by atoms with Crippen molar-refractivity contribution in [2.75, 3.05) is 29.6 Å². The van der Waals surface area contributed by atoms with Gasteiger partial charge in [0.05, 0.1) is 0 Å². The molecule has 1 fully saturated rings. The molecule has 1 N–H and O–H groups in total. The van der Waals surface area contributed by atoms with E-state index in [-0.39, 0.29) is 0 Å². The van der Waals surface area contributed by atoms with E-state index < -0.39 is 0 Å². The van der Waals surface area contributed by atoms with Gasteiger partial charge in [-0.05, 0) is 12.1 Å². The standard InChI is InChI=1S/C14H18N2OS2/c1-2-4-13-12(3-1)16-14(17-13)5-6-15-11-9-18-7-8-19-10-11/h1-4,11,15H,5-10H2. The van der Waals surface area contributed by atoms with Crippen LogP contribution in [0, 0.1) is 0 Å². The molecule has 0 amide bonds. The highest BCUT2D eigenvalue weighted by molar-refractivity contribution is 8.03. The average Bonchev–Trinajstić information content (AvgIpc) is 2.66. The van der Waals surface area contributed by atoms with Gasteiger partial charge in [0.2, 0.25) is 0 Å². The average molecular weight is 294 g/mol. The molecule has 102 valence electrons. The fourth-order valence-corrected chi connectivity index (χ4v) is 4.61. The van der Waals surface area contributed by atoms with Crippen molar-refractivity contribution in [1.82, 2.24) is 10.3 Å². The maximum absolute atomic E-state index is 5.72. The van der Waals surface area contributed by atoms with Crippen LogP contribution < -0.4 is 5.32 Å². The fraction of sp³-hybridized carbons (Fsp3) is 0.500. The first kappa shape index (κ1) is 13.3. The Morgan fingerprint density at radius 2 is 2.00 bits per heavy atom. The molecule has 1 aromatic heterocycles. The van der Waals surface area contributed by atoms with Crippen molar-refractivity contribution >= 4 is 34.6 Å². The van der Waals surface area contributed by atoms with E-state index in [2.05, 4.69) is 33.8 Å². The molecule has 0 bridgehead atoms. The van der Waals surface area contributed by atoms with E-state index in [0.717, 1.165) is 30.0 Å². The lowest BCUT2D eigenvalue weighted by molar-refractivity contribution is 0.504. The van der Waals surface area contributed by atoms with Gasteiger partial charge < -0.3 is 9.73 Å². The van der Waals surface area contributed by atoms with Gasteiger partial charge >= 0.3 is 0 Å². The van der Waals surface area contributed by atoms with Crippen LogP contribution in [0.2, 0.25) is 0 Å². The predicted octanol–water partition coefficient (Wildman–Crippen LogP) is 2.81. The highest BCUT2D eigenvalue weighted by Gasteiger charge is 2.12. The summed E-state index contributed by atoms with van der Waals surface area (Å²) in [7, 11) is 0. The van der Waals surface area contributed by atoms with Gasteiger partial charge in [0, 0.05) is 42.0 Å². The summed E-state index contributed by atoms with van der Waals surface area (Å²) in [5, 5.41) is 3.61. The second kappa shape index (κ2) is 6.68. The van der Waals surface area contributed by atoms with Crippen LogP contribution in [0.4, 0.5) is 0 Å². The van der Waals surface area contributed by atoms with Crippen LogP contribution in [0.15, 0.2) is 28.7 Å². The van der Waals surface area contributed by atoms with E-state index in [4.69, 9.17) is 4.42 Å². The number of hydrogen-bond acceptors (Lipinski definition) is 5. The number of thioether (sulfide) groups is 2. The van der Waals surface area contributed by atoms with Crippen molar-refractivity contribution in [3.05, 3.63) is 30.2 Å². The lowest BCUT2D eigenvalue weighted by Crippen LogP contribution is -2.34. The van der Waals surface area contributed by atoms with Crippen molar-refractivity contribution in [3.8, 4) is 0 Å². The predicted molar refractivity (Wildman–Crippen MR) is 84.2 cm³/mol. The second-order valence-electron chi connectivity index (χ2n) is 4.63. The van der Waals surface area contributed by atoms with Crippen molar-refractivity contribution in [1.29, 1.82) is 0 Å². The van der Waals surface area contributed by atoms with Gasteiger partial charge in [-0.3, -0.25) is 0 Å². The highest BCUT2D eigenvalue weighted by Crippen LogP contribution is 2.17. The zero-order valence-electron chi connectivity index (χ0n) is 10.8. The summed E-state index contributed by atoms with van der Waals surface area (Å²) in [6.07, 6.45) is 0.862. The van der Waals surface area contributed by atoms with Crippen LogP contribution in [0.1, 0.15) is 5.89 Å². The molecular weight excluding hydrogens is 276 g/mol. The topological polar surface area (TPSA) is 38.1 Å². The SMILES string of the molecule is c1ccc2oc(CCNC3CSCCSC3)nc2c1. The summed E-state index contributed by atoms with van der Waals surface area (Å²) >= 11 is 4.10. The molecule has 0 saturated carbocycles. The molecule has 2 aromatic rings. The third kappa shape index (κ3) is 3.68. The molecule has 3 rings (SSSR count). The highest BCUT2D eigenvalue weighted by atomic mass is 32.2. The zero-order valence-corrected chi connectivity index (χ0v) is 12.4. The third-order valence-corrected chi connectivity index (χ3v) is 5.64. The van der Waals surface area contributed by atoms with Crippen LogP contribution in [0.3, 0.4) is 0 Å². The van der Waals surface area contributed by atoms with E-state index in [9.17, 15) is 0 Å². The molecule has 0 aliphatic carbocycles. The number of nitrogens with zero attached hydrogens (tertiary/aromatic N) is 1. The van der Waals surface area contributed by atoms with Crippen LogP contribution in [-0.4, -0.2) is 40.6 Å². The zero-order chi connectivity index (χ0) is 12.9. The second-order valence-corrected chi connectivity index (χ2v) is 6.93. The van der Waals surface area contributed by atoms with Crippen LogP contribution >= 0.6 is 23.5 Å². The van der Waals surface area contributed by atoms with Gasteiger partial charge in [-0.1, -0.05) is 12.1 Å². The number of para-hydroxylation sites is 2. The van der Waals surface area contributed by atoms with E-state index in [1.165, 1.54) is 23.0 Å². The number of hydrogen-bond donors (Lipinski definition) is 1. The Morgan fingerprint density at radius 1 is 1.21 bits per heavy atom. The van der Waals surface area contributed by atoms with E-state index in [1.54, 1.807) is 0 Å². The molecule has 1 aliphatic heterocycles. The summed E-state index contributed by atoms with van der Waals surface area (Å²) in [6, 6.07) is 8.57. The number of oxazole rings is 1. The molecule has 19 heavy (non-hydrogen) atoms. The number of benzene rings is 1. The molecule has 0 spiro atoms. The summed E-state index contributed by atoms with van der Waals surface area (Å²) in [4.78, 5) is 4.50. The first-order valence-electron chi connectivity index (χ1n) is 6.65. The molecule has 2 heterocycles. The number of nitrogens with one attached hydrogen (secondary N) is 1. The Kier molecular flexibility index (Phi) is 4.69. The van der Waals surface area contributed by atoms with E-state index in [1.807, 2.05) is 24.3 Å². The minimum atomic E-state index is 0.627. The summed E-state index contributed by atoms with van der Waals surface area (Å²) in [6.45, 7) is 0.943. The minimum absolute atomic E-state index is 0.627. The minimum Gasteiger partial charge on any atom is -0.441 e. The molecule has 1 aromatic carbocycles. The third-order valence-electron chi connectivity index (χ3n) is 3.12. The van der Waals surface area contributed by atoms with Crippen molar-refractivity contribution in [2.24, 2.45) is 0 Å². The van der Waals surface area contributed by atoms with Crippen molar-refractivity contribution in [2.45, 2.75) is 12.5 Å². The molecule has 1 saturated heterocycles. The van der Waals surface area contributed by atoms with Gasteiger partial charge in [0.25, 0.3) is 0 Å². The Morgan fingerprint density at radius 3 is 2.79 bits per heavy atom. The van der Waals surface area contributed by atoms with Gasteiger partial charge in [0.1, 0.15) is 5.52 Å². The van der Waals surface area contributed by atoms with Crippen LogP contribution in [0.25, 0.3) is 11.1 Å². The van der Waals surface area contributed by atoms with E-state index >= 15 is 0 Å². The Hall–Kier alpha value is -0.650. The number of fused-ring (bicyclic) bond motifs is 1. The first-order chi connectivity index (χ1) is 9.42. The molecule has 0 atom stereocenters. The largest absolute Gasteiger partial charge is 0.441 e. The van der Waals surface area contributed by atoms with Gasteiger partial charge in [0.15, 0.2) is 11.5 Å². The molecule has 0 unspecified atom stereocenters. The molecular formula is C14H18N2OS2. The maximum Gasteiger partial charge on any atom is 0.196 e. The monoisotopic (exact) mass is 294 g/mol. The van der Waals surface area contributed by atoms with Gasteiger partial charge in [-0.25, -0.2) is 4.98 Å². The smallest absolute Gasteiger partial charge is 0.196 e. The molecule has 0 radical (unpaired) electrons. The van der Waals surface area contributed by atoms with Gasteiger partial charge in [-0.15, -0.1) is 0 Å². The summed E-state index contributed by atoms with van der Waals surface area (Å²) < 4.78 is 5.72. The number of rotatable bonds is 4. The summed E-state index contributed by atoms with van der Waals surface area (Å²) in [5.41, 5.74) is 1.84. The Balaban J connectivity index is 1.51. The first-order valence-corrected chi connectivity index (χ1v) is 8.96. The lowest BCUT2D eigenvalue weighted by Gasteiger charge is -2.14. The normalized spacial score (nSPS) is 17.7. The van der Waals surface area contributed by atoms with Crippen molar-refractivity contribution < 1.29 is 4.42 Å². The van der Waals surface area contributed by atoms with Gasteiger partial charge in [-0.2, -0.15) is 23.5 Å². The van der Waals surface area contributed by atoms with Crippen molar-refractivity contribution in [3.63, 3.8) is 0 Å². The fourth-order valence-electron chi connectivity index (χ4n) is 2.15. The quantitative estimate of drug-likeness (QED) is 0.938. The Labute approximate surface area is 121 Å². The van der Waals surface area contributed by atoms with E-state index in [0.29, 0.717) is 6.04 Å². The maximum atomic E-state index is 5.72. The Bertz CT molecular complexity index is 488. The number of aromatic nitrogens is 1. The van der Waals surface area contributed by atoms with Crippen LogP contribution in [-0.2, 0) is 6.42 Å². The molecule has 1 aliphatic rings. The molecule has 5 heteroatoms.